The molecule has 4 rings (SSSR count). The number of carbonyl (C=O) groups is 2. The summed E-state index contributed by atoms with van der Waals surface area (Å²) >= 11 is 0. The van der Waals surface area contributed by atoms with Crippen molar-refractivity contribution < 1.29 is 14.1 Å². The fraction of sp³-hybridized carbons (Fsp3) is 0.737. The van der Waals surface area contributed by atoms with Crippen LogP contribution in [0.5, 0.6) is 0 Å². The number of rotatable bonds is 3. The van der Waals surface area contributed by atoms with E-state index in [-0.39, 0.29) is 17.7 Å². The molecule has 1 aliphatic carbocycles. The average molecular weight is 360 g/mol. The van der Waals surface area contributed by atoms with Gasteiger partial charge in [0.25, 0.3) is 5.91 Å². The highest BCUT2D eigenvalue weighted by molar-refractivity contribution is 5.94. The van der Waals surface area contributed by atoms with Crippen LogP contribution in [0, 0.1) is 12.8 Å². The van der Waals surface area contributed by atoms with Gasteiger partial charge in [0.1, 0.15) is 5.76 Å². The number of amides is 2. The van der Waals surface area contributed by atoms with Gasteiger partial charge in [0.15, 0.2) is 5.69 Å². The minimum Gasteiger partial charge on any atom is -0.361 e. The van der Waals surface area contributed by atoms with Crippen LogP contribution in [0.1, 0.15) is 48.4 Å². The lowest BCUT2D eigenvalue weighted by molar-refractivity contribution is -0.142. The van der Waals surface area contributed by atoms with Crippen LogP contribution in [0.2, 0.25) is 0 Å². The molecule has 0 spiro atoms. The van der Waals surface area contributed by atoms with Gasteiger partial charge in [-0.3, -0.25) is 14.5 Å². The first-order valence-electron chi connectivity index (χ1n) is 9.87. The molecule has 0 bridgehead atoms. The summed E-state index contributed by atoms with van der Waals surface area (Å²) in [5.74, 6) is 0.618. The Hall–Kier alpha value is -1.89. The van der Waals surface area contributed by atoms with Crippen LogP contribution in [-0.4, -0.2) is 77.0 Å². The summed E-state index contributed by atoms with van der Waals surface area (Å²) in [5.41, 5.74) is 0.328. The summed E-state index contributed by atoms with van der Waals surface area (Å²) < 4.78 is 4.96. The van der Waals surface area contributed by atoms with Crippen LogP contribution in [0.3, 0.4) is 0 Å². The van der Waals surface area contributed by atoms with E-state index < -0.39 is 0 Å². The molecule has 1 aromatic rings. The molecule has 7 heteroatoms. The van der Waals surface area contributed by atoms with Crippen molar-refractivity contribution in [1.82, 2.24) is 19.9 Å². The van der Waals surface area contributed by atoms with Crippen molar-refractivity contribution in [3.63, 3.8) is 0 Å². The Morgan fingerprint density at radius 2 is 1.73 bits per heavy atom. The van der Waals surface area contributed by atoms with Crippen LogP contribution in [-0.2, 0) is 4.79 Å². The standard InChI is InChI=1S/C19H28N4O3/c1-14-11-17(20-26-14)19(25)23-12-15(13-23)18(24)22-9-7-21(8-10-22)16-5-3-2-4-6-16/h11,15-16H,2-10,12-13H2,1H3. The summed E-state index contributed by atoms with van der Waals surface area (Å²) in [6.45, 7) is 6.37. The molecule has 2 saturated heterocycles. The molecule has 3 fully saturated rings. The Morgan fingerprint density at radius 3 is 2.35 bits per heavy atom. The highest BCUT2D eigenvalue weighted by Crippen LogP contribution is 2.25. The number of aryl methyl sites for hydroxylation is 1. The van der Waals surface area contributed by atoms with Gasteiger partial charge >= 0.3 is 0 Å². The molecule has 1 saturated carbocycles. The Labute approximate surface area is 154 Å². The summed E-state index contributed by atoms with van der Waals surface area (Å²) in [7, 11) is 0. The van der Waals surface area contributed by atoms with Crippen molar-refractivity contribution in [2.75, 3.05) is 39.3 Å². The van der Waals surface area contributed by atoms with Gasteiger partial charge in [0, 0.05) is 51.4 Å². The van der Waals surface area contributed by atoms with Gasteiger partial charge in [0.05, 0.1) is 5.92 Å². The van der Waals surface area contributed by atoms with Gasteiger partial charge in [-0.05, 0) is 19.8 Å². The second-order valence-electron chi connectivity index (χ2n) is 7.88. The van der Waals surface area contributed by atoms with E-state index in [2.05, 4.69) is 10.1 Å². The smallest absolute Gasteiger partial charge is 0.276 e. The molecule has 0 aromatic carbocycles. The lowest BCUT2D eigenvalue weighted by atomic mass is 9.93. The highest BCUT2D eigenvalue weighted by Gasteiger charge is 2.40. The molecule has 0 N–H and O–H groups in total. The highest BCUT2D eigenvalue weighted by atomic mass is 16.5. The maximum atomic E-state index is 12.7. The topological polar surface area (TPSA) is 69.9 Å². The molecule has 2 aliphatic heterocycles. The van der Waals surface area contributed by atoms with Crippen molar-refractivity contribution in [2.45, 2.75) is 45.1 Å². The molecule has 2 amide bonds. The molecular formula is C19H28N4O3. The van der Waals surface area contributed by atoms with Crippen molar-refractivity contribution >= 4 is 11.8 Å². The van der Waals surface area contributed by atoms with Crippen LogP contribution in [0.25, 0.3) is 0 Å². The number of hydrogen-bond acceptors (Lipinski definition) is 5. The molecule has 142 valence electrons. The van der Waals surface area contributed by atoms with Crippen LogP contribution >= 0.6 is 0 Å². The van der Waals surface area contributed by atoms with Gasteiger partial charge in [-0.25, -0.2) is 0 Å². The fourth-order valence-corrected chi connectivity index (χ4v) is 4.44. The van der Waals surface area contributed by atoms with E-state index in [0.717, 1.165) is 32.2 Å². The third kappa shape index (κ3) is 3.49. The minimum atomic E-state index is -0.145. The zero-order valence-corrected chi connectivity index (χ0v) is 15.5. The fourth-order valence-electron chi connectivity index (χ4n) is 4.44. The van der Waals surface area contributed by atoms with Crippen molar-refractivity contribution in [1.29, 1.82) is 0 Å². The maximum Gasteiger partial charge on any atom is 0.276 e. The first kappa shape index (κ1) is 17.5. The predicted octanol–water partition coefficient (Wildman–Crippen LogP) is 1.53. The molecule has 26 heavy (non-hydrogen) atoms. The molecule has 3 heterocycles. The van der Waals surface area contributed by atoms with Gasteiger partial charge in [-0.1, -0.05) is 24.4 Å². The van der Waals surface area contributed by atoms with Gasteiger partial charge in [-0.15, -0.1) is 0 Å². The van der Waals surface area contributed by atoms with Gasteiger partial charge < -0.3 is 14.3 Å². The van der Waals surface area contributed by atoms with Crippen LogP contribution < -0.4 is 0 Å². The predicted molar refractivity (Wildman–Crippen MR) is 95.7 cm³/mol. The third-order valence-electron chi connectivity index (χ3n) is 6.08. The maximum absolute atomic E-state index is 12.7. The molecule has 3 aliphatic rings. The molecule has 7 nitrogen and oxygen atoms in total. The van der Waals surface area contributed by atoms with Crippen molar-refractivity contribution in [2.24, 2.45) is 5.92 Å². The zero-order chi connectivity index (χ0) is 18.1. The molecular weight excluding hydrogens is 332 g/mol. The second-order valence-corrected chi connectivity index (χ2v) is 7.88. The Balaban J connectivity index is 1.23. The Kier molecular flexibility index (Phi) is 4.98. The third-order valence-corrected chi connectivity index (χ3v) is 6.08. The average Bonchev–Trinajstić information content (AvgIpc) is 3.07. The normalized spacial score (nSPS) is 23.1. The quantitative estimate of drug-likeness (QED) is 0.818. The summed E-state index contributed by atoms with van der Waals surface area (Å²) in [4.78, 5) is 31.2. The second kappa shape index (κ2) is 7.39. The number of piperazine rings is 1. The Morgan fingerprint density at radius 1 is 1.04 bits per heavy atom. The SMILES string of the molecule is Cc1cc(C(=O)N2CC(C(=O)N3CCN(C4CCCCC4)CC3)C2)no1. The minimum absolute atomic E-state index is 0.0619. The van der Waals surface area contributed by atoms with Gasteiger partial charge in [-0.2, -0.15) is 0 Å². The summed E-state index contributed by atoms with van der Waals surface area (Å²) in [6.07, 6.45) is 6.70. The summed E-state index contributed by atoms with van der Waals surface area (Å²) in [6, 6.07) is 2.37. The van der Waals surface area contributed by atoms with E-state index in [4.69, 9.17) is 4.52 Å². The summed E-state index contributed by atoms with van der Waals surface area (Å²) in [5, 5.41) is 3.76. The Bertz CT molecular complexity index is 653. The van der Waals surface area contributed by atoms with Gasteiger partial charge in [0.2, 0.25) is 5.91 Å². The first-order chi connectivity index (χ1) is 12.6. The first-order valence-corrected chi connectivity index (χ1v) is 9.87. The number of carbonyl (C=O) groups excluding carboxylic acids is 2. The van der Waals surface area contributed by atoms with E-state index in [9.17, 15) is 9.59 Å². The lowest BCUT2D eigenvalue weighted by Gasteiger charge is -2.44. The lowest BCUT2D eigenvalue weighted by Crippen LogP contribution is -2.59. The van der Waals surface area contributed by atoms with Crippen molar-refractivity contribution in [3.8, 4) is 0 Å². The zero-order valence-electron chi connectivity index (χ0n) is 15.5. The van der Waals surface area contributed by atoms with E-state index in [1.165, 1.54) is 32.1 Å². The van der Waals surface area contributed by atoms with Crippen LogP contribution in [0.15, 0.2) is 10.6 Å². The van der Waals surface area contributed by atoms with E-state index in [0.29, 0.717) is 24.5 Å². The largest absolute Gasteiger partial charge is 0.361 e. The monoisotopic (exact) mass is 360 g/mol. The number of likely N-dealkylation sites (tertiary alicyclic amines) is 1. The molecule has 0 radical (unpaired) electrons. The van der Waals surface area contributed by atoms with Crippen molar-refractivity contribution in [3.05, 3.63) is 17.5 Å². The molecule has 1 aromatic heterocycles. The number of aromatic nitrogens is 1. The van der Waals surface area contributed by atoms with E-state index >= 15 is 0 Å². The molecule has 0 atom stereocenters. The molecule has 0 unspecified atom stereocenters. The number of hydrogen-bond donors (Lipinski definition) is 0. The van der Waals surface area contributed by atoms with Crippen LogP contribution in [0.4, 0.5) is 0 Å². The van der Waals surface area contributed by atoms with E-state index in [1.54, 1.807) is 17.9 Å². The van der Waals surface area contributed by atoms with E-state index in [1.807, 2.05) is 4.90 Å². The number of nitrogens with zero attached hydrogens (tertiary/aromatic N) is 4.